The monoisotopic (exact) mass is 466 g/mol. The fourth-order valence-corrected chi connectivity index (χ4v) is 4.91. The number of anilines is 1. The first-order valence-electron chi connectivity index (χ1n) is 9.79. The Morgan fingerprint density at radius 3 is 2.78 bits per heavy atom. The van der Waals surface area contributed by atoms with Crippen LogP contribution in [0.25, 0.3) is 10.4 Å². The first-order valence-corrected chi connectivity index (χ1v) is 11.7. The number of aliphatic imine (C=N–C) groups is 1. The number of hydrogen-bond acceptors (Lipinski definition) is 11. The van der Waals surface area contributed by atoms with Gasteiger partial charge in [0.25, 0.3) is 6.20 Å². The van der Waals surface area contributed by atoms with Crippen LogP contribution in [-0.4, -0.2) is 35.0 Å². The Kier molecular flexibility index (Phi) is 6.54. The predicted molar refractivity (Wildman–Crippen MR) is 118 cm³/mol. The number of thioether (sulfide) groups is 1. The highest BCUT2D eigenvalue weighted by atomic mass is 32.2. The fourth-order valence-electron chi connectivity index (χ4n) is 3.35. The molecule has 0 amide bonds. The topological polar surface area (TPSA) is 155 Å². The number of nitrogen functional groups attached to an aromatic ring is 1. The minimum absolute atomic E-state index is 0.0135. The summed E-state index contributed by atoms with van der Waals surface area (Å²) in [5.41, 5.74) is 6.76. The molecule has 12 heteroatoms. The van der Waals surface area contributed by atoms with Gasteiger partial charge < -0.3 is 10.8 Å². The molecule has 0 atom stereocenters. The third kappa shape index (κ3) is 4.51. The van der Waals surface area contributed by atoms with Crippen LogP contribution in [0, 0.1) is 22.7 Å². The number of nitrogens with zero attached hydrogens (tertiary/aromatic N) is 7. The van der Waals surface area contributed by atoms with Gasteiger partial charge >= 0.3 is 5.88 Å². The zero-order valence-electron chi connectivity index (χ0n) is 16.9. The van der Waals surface area contributed by atoms with Crippen LogP contribution in [0.3, 0.4) is 0 Å². The van der Waals surface area contributed by atoms with Gasteiger partial charge in [0.1, 0.15) is 28.5 Å². The molecular formula is C20H18N8O2S2. The van der Waals surface area contributed by atoms with Gasteiger partial charge in [-0.1, -0.05) is 17.8 Å². The summed E-state index contributed by atoms with van der Waals surface area (Å²) in [6.45, 7) is 1.74. The molecule has 1 aliphatic rings. The zero-order chi connectivity index (χ0) is 22.5. The summed E-state index contributed by atoms with van der Waals surface area (Å²) < 4.78 is 5.15. The molecule has 0 saturated carbocycles. The molecule has 0 bridgehead atoms. The Labute approximate surface area is 192 Å². The SMILES string of the molecule is N#Cc1c(N)nc(SC/C([O-])=N/c2c[n+](N3CCCCC3)no2)c(C#N)c1-c1cccs1. The molecule has 1 aliphatic heterocycles. The minimum Gasteiger partial charge on any atom is -0.861 e. The third-order valence-electron chi connectivity index (χ3n) is 4.82. The highest BCUT2D eigenvalue weighted by Gasteiger charge is 2.23. The molecule has 0 aromatic carbocycles. The van der Waals surface area contributed by atoms with Crippen molar-refractivity contribution in [3.8, 4) is 22.6 Å². The van der Waals surface area contributed by atoms with E-state index in [0.717, 1.165) is 42.6 Å². The van der Waals surface area contributed by atoms with Crippen LogP contribution in [0.5, 0.6) is 0 Å². The second-order valence-corrected chi connectivity index (χ2v) is 8.81. The minimum atomic E-state index is -0.469. The van der Waals surface area contributed by atoms with Crippen LogP contribution in [0.2, 0.25) is 0 Å². The summed E-state index contributed by atoms with van der Waals surface area (Å²) in [4.78, 5) is 10.4. The normalized spacial score (nSPS) is 14.2. The number of nitriles is 2. The Bertz CT molecular complexity index is 1220. The van der Waals surface area contributed by atoms with Crippen LogP contribution in [0.4, 0.5) is 11.7 Å². The highest BCUT2D eigenvalue weighted by Crippen LogP contribution is 2.37. The lowest BCUT2D eigenvalue weighted by Crippen LogP contribution is -2.60. The second-order valence-electron chi connectivity index (χ2n) is 6.90. The van der Waals surface area contributed by atoms with Gasteiger partial charge in [-0.3, -0.25) is 4.52 Å². The van der Waals surface area contributed by atoms with E-state index in [9.17, 15) is 15.6 Å². The quantitative estimate of drug-likeness (QED) is 0.247. The third-order valence-corrected chi connectivity index (χ3v) is 6.66. The molecule has 3 aromatic rings. The van der Waals surface area contributed by atoms with E-state index in [-0.39, 0.29) is 33.6 Å². The molecule has 2 N–H and O–H groups in total. The van der Waals surface area contributed by atoms with Gasteiger partial charge in [0.2, 0.25) is 5.27 Å². The number of piperidine rings is 1. The molecule has 0 spiro atoms. The maximum atomic E-state index is 12.4. The molecule has 162 valence electrons. The van der Waals surface area contributed by atoms with Gasteiger partial charge in [-0.05, 0) is 36.6 Å². The average molecular weight is 467 g/mol. The van der Waals surface area contributed by atoms with Gasteiger partial charge in [0.05, 0.1) is 23.4 Å². The van der Waals surface area contributed by atoms with E-state index >= 15 is 0 Å². The number of thiophene rings is 1. The van der Waals surface area contributed by atoms with E-state index in [1.54, 1.807) is 17.1 Å². The molecule has 1 fully saturated rings. The van der Waals surface area contributed by atoms with E-state index in [1.165, 1.54) is 17.8 Å². The molecule has 0 unspecified atom stereocenters. The van der Waals surface area contributed by atoms with Crippen molar-refractivity contribution >= 4 is 40.7 Å². The molecular weight excluding hydrogens is 448 g/mol. The number of hydrogen-bond donors (Lipinski definition) is 1. The Hall–Kier alpha value is -3.61. The van der Waals surface area contributed by atoms with Crippen molar-refractivity contribution in [1.29, 1.82) is 10.5 Å². The fraction of sp³-hybridized carbons (Fsp3) is 0.300. The van der Waals surface area contributed by atoms with Gasteiger partial charge in [0, 0.05) is 16.2 Å². The van der Waals surface area contributed by atoms with Crippen molar-refractivity contribution in [2.75, 3.05) is 29.6 Å². The summed E-state index contributed by atoms with van der Waals surface area (Å²) in [6.07, 6.45) is 4.92. The average Bonchev–Trinajstić information content (AvgIpc) is 3.50. The van der Waals surface area contributed by atoms with Crippen molar-refractivity contribution in [3.05, 3.63) is 34.8 Å². The smallest absolute Gasteiger partial charge is 0.324 e. The maximum Gasteiger partial charge on any atom is 0.324 e. The summed E-state index contributed by atoms with van der Waals surface area (Å²) in [5, 5.41) is 39.7. The second kappa shape index (κ2) is 9.68. The van der Waals surface area contributed by atoms with Crippen molar-refractivity contribution in [1.82, 2.24) is 10.3 Å². The van der Waals surface area contributed by atoms with Crippen LogP contribution in [0.1, 0.15) is 30.4 Å². The zero-order valence-corrected chi connectivity index (χ0v) is 18.5. The van der Waals surface area contributed by atoms with Crippen LogP contribution in [-0.2, 0) is 0 Å². The summed E-state index contributed by atoms with van der Waals surface area (Å²) in [5.74, 6) is -0.433. The molecule has 4 rings (SSSR count). The van der Waals surface area contributed by atoms with E-state index < -0.39 is 5.90 Å². The largest absolute Gasteiger partial charge is 0.861 e. The van der Waals surface area contributed by atoms with Crippen molar-refractivity contribution in [2.24, 2.45) is 4.99 Å². The van der Waals surface area contributed by atoms with Crippen LogP contribution < -0.4 is 20.6 Å². The van der Waals surface area contributed by atoms with Gasteiger partial charge in [0.15, 0.2) is 0 Å². The van der Waals surface area contributed by atoms with E-state index in [1.807, 2.05) is 22.5 Å². The highest BCUT2D eigenvalue weighted by molar-refractivity contribution is 8.00. The molecule has 0 radical (unpaired) electrons. The number of aromatic nitrogens is 3. The summed E-state index contributed by atoms with van der Waals surface area (Å²) >= 11 is 2.42. The van der Waals surface area contributed by atoms with Crippen LogP contribution >= 0.6 is 23.1 Å². The first-order chi connectivity index (χ1) is 15.6. The Balaban J connectivity index is 1.54. The van der Waals surface area contributed by atoms with Gasteiger partial charge in [-0.25, -0.2) is 9.98 Å². The van der Waals surface area contributed by atoms with E-state index in [2.05, 4.69) is 21.3 Å². The Morgan fingerprint density at radius 1 is 1.31 bits per heavy atom. The lowest BCUT2D eigenvalue weighted by Gasteiger charge is -2.17. The van der Waals surface area contributed by atoms with E-state index in [4.69, 9.17) is 10.3 Å². The Morgan fingerprint density at radius 2 is 2.09 bits per heavy atom. The van der Waals surface area contributed by atoms with Crippen molar-refractivity contribution in [2.45, 2.75) is 24.3 Å². The van der Waals surface area contributed by atoms with Gasteiger partial charge in [-0.15, -0.1) is 11.3 Å². The van der Waals surface area contributed by atoms with Crippen molar-refractivity contribution < 1.29 is 14.4 Å². The van der Waals surface area contributed by atoms with Gasteiger partial charge in [-0.2, -0.15) is 15.5 Å². The summed E-state index contributed by atoms with van der Waals surface area (Å²) in [6, 6.07) is 7.76. The first kappa shape index (κ1) is 21.6. The lowest BCUT2D eigenvalue weighted by molar-refractivity contribution is -0.759. The standard InChI is InChI=1S/C20H18N8O2S2/c21-9-13-18(15-5-4-8-31-15)14(10-22)20(25-19(13)23)32-12-16(29)24-17-11-28(26-30-17)27-6-2-1-3-7-27/h4-5,8,11H,1-3,6-7,12H2,(H2-,23,24,25,26,29). The molecule has 0 aliphatic carbocycles. The maximum absolute atomic E-state index is 12.4. The molecule has 1 saturated heterocycles. The summed E-state index contributed by atoms with van der Waals surface area (Å²) in [7, 11) is 0. The van der Waals surface area contributed by atoms with Crippen molar-refractivity contribution in [3.63, 3.8) is 0 Å². The molecule has 10 nitrogen and oxygen atoms in total. The number of pyridine rings is 1. The lowest BCUT2D eigenvalue weighted by atomic mass is 10.0. The number of rotatable bonds is 6. The van der Waals surface area contributed by atoms with E-state index in [0.29, 0.717) is 5.56 Å². The predicted octanol–water partition coefficient (Wildman–Crippen LogP) is 1.72. The molecule has 4 heterocycles. The molecule has 3 aromatic heterocycles. The van der Waals surface area contributed by atoms with Crippen LogP contribution in [0.15, 0.2) is 38.3 Å². The molecule has 32 heavy (non-hydrogen) atoms. The number of nitrogens with two attached hydrogens (primary N) is 1.